The van der Waals surface area contributed by atoms with Gasteiger partial charge >= 0.3 is 0 Å². The normalized spacial score (nSPS) is 16.1. The fourth-order valence-corrected chi connectivity index (χ4v) is 3.63. The molecule has 0 aliphatic carbocycles. The Morgan fingerprint density at radius 2 is 1.85 bits per heavy atom. The first-order valence-electron chi connectivity index (χ1n) is 9.57. The van der Waals surface area contributed by atoms with Gasteiger partial charge in [-0.15, -0.1) is 0 Å². The van der Waals surface area contributed by atoms with Gasteiger partial charge in [0.05, 0.1) is 7.11 Å². The minimum absolute atomic E-state index is 0.215. The number of piperazine rings is 1. The number of carbonyl (C=O) groups excluding carboxylic acids is 1. The number of carbonyl (C=O) groups is 1. The van der Waals surface area contributed by atoms with Crippen LogP contribution in [0.5, 0.6) is 5.75 Å². The summed E-state index contributed by atoms with van der Waals surface area (Å²) < 4.78 is 5.33. The third-order valence-corrected chi connectivity index (χ3v) is 5.45. The second-order valence-electron chi connectivity index (χ2n) is 7.07. The van der Waals surface area contributed by atoms with Gasteiger partial charge in [0.15, 0.2) is 0 Å². The van der Waals surface area contributed by atoms with Crippen LogP contribution in [-0.4, -0.2) is 49.0 Å². The Morgan fingerprint density at radius 1 is 1.11 bits per heavy atom. The summed E-state index contributed by atoms with van der Waals surface area (Å²) in [4.78, 5) is 17.0. The first kappa shape index (κ1) is 19.2. The number of aryl methyl sites for hydroxylation is 1. The predicted octanol–water partition coefficient (Wildman–Crippen LogP) is 3.12. The molecule has 5 heteroatoms. The van der Waals surface area contributed by atoms with Crippen LogP contribution in [0.4, 0.5) is 5.69 Å². The molecule has 144 valence electrons. The van der Waals surface area contributed by atoms with Crippen molar-refractivity contribution >= 4 is 11.6 Å². The SMILES string of the molecule is COc1cccc(C(C)N2CCN(C(=O)CCc3ccccc3N)CC2)c1. The molecule has 1 aliphatic heterocycles. The summed E-state index contributed by atoms with van der Waals surface area (Å²) in [6, 6.07) is 16.3. The fourth-order valence-electron chi connectivity index (χ4n) is 3.63. The van der Waals surface area contributed by atoms with Crippen LogP contribution in [0.3, 0.4) is 0 Å². The Hall–Kier alpha value is -2.53. The highest BCUT2D eigenvalue weighted by Crippen LogP contribution is 2.25. The van der Waals surface area contributed by atoms with E-state index in [1.807, 2.05) is 41.3 Å². The van der Waals surface area contributed by atoms with Crippen LogP contribution >= 0.6 is 0 Å². The summed E-state index contributed by atoms with van der Waals surface area (Å²) in [5, 5.41) is 0. The molecule has 2 N–H and O–H groups in total. The van der Waals surface area contributed by atoms with E-state index in [4.69, 9.17) is 10.5 Å². The van der Waals surface area contributed by atoms with Crippen LogP contribution in [0, 0.1) is 0 Å². The number of rotatable bonds is 6. The van der Waals surface area contributed by atoms with Gasteiger partial charge in [-0.2, -0.15) is 0 Å². The standard InChI is InChI=1S/C22H29N3O2/c1-17(19-7-5-8-20(16-19)27-2)24-12-14-25(15-13-24)22(26)11-10-18-6-3-4-9-21(18)23/h3-9,16-17H,10-15,23H2,1-2H3. The van der Waals surface area contributed by atoms with Crippen LogP contribution in [0.1, 0.15) is 30.5 Å². The largest absolute Gasteiger partial charge is 0.497 e. The van der Waals surface area contributed by atoms with E-state index >= 15 is 0 Å². The Balaban J connectivity index is 1.50. The summed E-state index contributed by atoms with van der Waals surface area (Å²) in [5.74, 6) is 1.10. The van der Waals surface area contributed by atoms with Crippen LogP contribution < -0.4 is 10.5 Å². The van der Waals surface area contributed by atoms with Crippen LogP contribution in [0.2, 0.25) is 0 Å². The molecule has 27 heavy (non-hydrogen) atoms. The van der Waals surface area contributed by atoms with Crippen molar-refractivity contribution in [1.29, 1.82) is 0 Å². The number of nitrogen functional groups attached to an aromatic ring is 1. The molecule has 1 heterocycles. The lowest BCUT2D eigenvalue weighted by atomic mass is 10.0. The molecule has 1 fully saturated rings. The van der Waals surface area contributed by atoms with E-state index in [1.54, 1.807) is 7.11 Å². The topological polar surface area (TPSA) is 58.8 Å². The van der Waals surface area contributed by atoms with Crippen molar-refractivity contribution in [2.24, 2.45) is 0 Å². The first-order valence-corrected chi connectivity index (χ1v) is 9.57. The van der Waals surface area contributed by atoms with Gasteiger partial charge in [0.25, 0.3) is 0 Å². The molecule has 0 spiro atoms. The van der Waals surface area contributed by atoms with Crippen LogP contribution in [0.15, 0.2) is 48.5 Å². The molecule has 2 aromatic rings. The number of hydrogen-bond donors (Lipinski definition) is 1. The van der Waals surface area contributed by atoms with Gasteiger partial charge in [0, 0.05) is 44.3 Å². The zero-order valence-corrected chi connectivity index (χ0v) is 16.2. The molecule has 1 unspecified atom stereocenters. The maximum atomic E-state index is 12.6. The van der Waals surface area contributed by atoms with E-state index < -0.39 is 0 Å². The summed E-state index contributed by atoms with van der Waals surface area (Å²) in [7, 11) is 1.69. The smallest absolute Gasteiger partial charge is 0.222 e. The van der Waals surface area contributed by atoms with Gasteiger partial charge in [-0.3, -0.25) is 9.69 Å². The quantitative estimate of drug-likeness (QED) is 0.797. The fraction of sp³-hybridized carbons (Fsp3) is 0.409. The molecule has 0 aromatic heterocycles. The van der Waals surface area contributed by atoms with Gasteiger partial charge < -0.3 is 15.4 Å². The highest BCUT2D eigenvalue weighted by molar-refractivity contribution is 5.76. The number of nitrogens with two attached hydrogens (primary N) is 1. The Labute approximate surface area is 161 Å². The number of methoxy groups -OCH3 is 1. The van der Waals surface area contributed by atoms with E-state index in [2.05, 4.69) is 24.0 Å². The van der Waals surface area contributed by atoms with E-state index in [1.165, 1.54) is 5.56 Å². The molecule has 3 rings (SSSR count). The third-order valence-electron chi connectivity index (χ3n) is 5.45. The molecule has 0 radical (unpaired) electrons. The summed E-state index contributed by atoms with van der Waals surface area (Å²) in [6.07, 6.45) is 1.21. The number of para-hydroxylation sites is 1. The molecule has 0 saturated carbocycles. The molecule has 5 nitrogen and oxygen atoms in total. The maximum absolute atomic E-state index is 12.6. The number of benzene rings is 2. The van der Waals surface area contributed by atoms with Crippen molar-refractivity contribution in [3.05, 3.63) is 59.7 Å². The van der Waals surface area contributed by atoms with Crippen molar-refractivity contribution in [1.82, 2.24) is 9.80 Å². The van der Waals surface area contributed by atoms with Gasteiger partial charge in [-0.25, -0.2) is 0 Å². The Kier molecular flexibility index (Phi) is 6.35. The highest BCUT2D eigenvalue weighted by Gasteiger charge is 2.24. The number of anilines is 1. The van der Waals surface area contributed by atoms with Gasteiger partial charge in [-0.05, 0) is 42.7 Å². The molecule has 1 atom stereocenters. The number of nitrogens with zero attached hydrogens (tertiary/aromatic N) is 2. The minimum atomic E-state index is 0.215. The van der Waals surface area contributed by atoms with E-state index in [-0.39, 0.29) is 5.91 Å². The zero-order chi connectivity index (χ0) is 19.2. The van der Waals surface area contributed by atoms with Crippen molar-refractivity contribution < 1.29 is 9.53 Å². The molecule has 1 aliphatic rings. The second-order valence-corrected chi connectivity index (χ2v) is 7.07. The second kappa shape index (κ2) is 8.91. The lowest BCUT2D eigenvalue weighted by Crippen LogP contribution is -2.49. The van der Waals surface area contributed by atoms with Crippen molar-refractivity contribution in [3.8, 4) is 5.75 Å². The molecule has 2 aromatic carbocycles. The molecule has 1 amide bonds. The molecular weight excluding hydrogens is 338 g/mol. The van der Waals surface area contributed by atoms with E-state index in [0.717, 1.165) is 43.2 Å². The van der Waals surface area contributed by atoms with Crippen LogP contribution in [-0.2, 0) is 11.2 Å². The average molecular weight is 367 g/mol. The monoisotopic (exact) mass is 367 g/mol. The number of amides is 1. The zero-order valence-electron chi connectivity index (χ0n) is 16.2. The van der Waals surface area contributed by atoms with Gasteiger partial charge in [0.2, 0.25) is 5.91 Å². The van der Waals surface area contributed by atoms with E-state index in [0.29, 0.717) is 18.9 Å². The Morgan fingerprint density at radius 3 is 2.56 bits per heavy atom. The summed E-state index contributed by atoms with van der Waals surface area (Å²) >= 11 is 0. The highest BCUT2D eigenvalue weighted by atomic mass is 16.5. The molecular formula is C22H29N3O2. The molecule has 0 bridgehead atoms. The maximum Gasteiger partial charge on any atom is 0.222 e. The predicted molar refractivity (Wildman–Crippen MR) is 109 cm³/mol. The van der Waals surface area contributed by atoms with Crippen LogP contribution in [0.25, 0.3) is 0 Å². The van der Waals surface area contributed by atoms with Crippen molar-refractivity contribution in [3.63, 3.8) is 0 Å². The number of ether oxygens (including phenoxy) is 1. The van der Waals surface area contributed by atoms with Crippen molar-refractivity contribution in [2.45, 2.75) is 25.8 Å². The number of hydrogen-bond acceptors (Lipinski definition) is 4. The Bertz CT molecular complexity index is 770. The molecule has 1 saturated heterocycles. The van der Waals surface area contributed by atoms with E-state index in [9.17, 15) is 4.79 Å². The lowest BCUT2D eigenvalue weighted by molar-refractivity contribution is -0.133. The van der Waals surface area contributed by atoms with Gasteiger partial charge in [-0.1, -0.05) is 30.3 Å². The average Bonchev–Trinajstić information content (AvgIpc) is 2.72. The van der Waals surface area contributed by atoms with Crippen molar-refractivity contribution in [2.75, 3.05) is 39.0 Å². The first-order chi connectivity index (χ1) is 13.1. The lowest BCUT2D eigenvalue weighted by Gasteiger charge is -2.38. The summed E-state index contributed by atoms with van der Waals surface area (Å²) in [6.45, 7) is 5.54. The van der Waals surface area contributed by atoms with Gasteiger partial charge in [0.1, 0.15) is 5.75 Å². The third kappa shape index (κ3) is 4.80. The summed E-state index contributed by atoms with van der Waals surface area (Å²) in [5.41, 5.74) is 9.03. The minimum Gasteiger partial charge on any atom is -0.497 e.